The first-order chi connectivity index (χ1) is 12.1. The van der Waals surface area contributed by atoms with Crippen molar-refractivity contribution in [1.29, 1.82) is 0 Å². The van der Waals surface area contributed by atoms with Crippen molar-refractivity contribution in [2.75, 3.05) is 26.3 Å². The summed E-state index contributed by atoms with van der Waals surface area (Å²) < 4.78 is 43.4. The van der Waals surface area contributed by atoms with Gasteiger partial charge >= 0.3 is 12.1 Å². The van der Waals surface area contributed by atoms with E-state index in [2.05, 4.69) is 4.98 Å². The molecule has 1 amide bonds. The Kier molecular flexibility index (Phi) is 8.01. The average molecular weight is 376 g/mol. The molecule has 0 saturated carbocycles. The lowest BCUT2D eigenvalue weighted by molar-refractivity contribution is -0.142. The Labute approximate surface area is 150 Å². The molecule has 0 saturated heterocycles. The minimum absolute atomic E-state index is 0.0204. The number of alkyl halides is 3. The number of ether oxygens (including phenoxy) is 1. The van der Waals surface area contributed by atoms with Gasteiger partial charge in [0, 0.05) is 26.3 Å². The smallest absolute Gasteiger partial charge is 0.433 e. The van der Waals surface area contributed by atoms with E-state index in [1.807, 2.05) is 6.92 Å². The number of pyridine rings is 1. The van der Waals surface area contributed by atoms with E-state index in [-0.39, 0.29) is 24.3 Å². The summed E-state index contributed by atoms with van der Waals surface area (Å²) in [6.07, 6.45) is -4.11. The molecule has 1 atom stereocenters. The third kappa shape index (κ3) is 6.29. The van der Waals surface area contributed by atoms with Crippen LogP contribution in [0.15, 0.2) is 12.1 Å². The number of carbonyl (C=O) groups excluding carboxylic acids is 1. The second kappa shape index (κ2) is 9.51. The molecule has 1 unspecified atom stereocenters. The first-order valence-electron chi connectivity index (χ1n) is 8.22. The summed E-state index contributed by atoms with van der Waals surface area (Å²) in [5, 5.41) is 9.07. The van der Waals surface area contributed by atoms with E-state index in [0.29, 0.717) is 19.6 Å². The van der Waals surface area contributed by atoms with Gasteiger partial charge < -0.3 is 14.7 Å². The molecule has 1 N–H and O–H groups in total. The fourth-order valence-electron chi connectivity index (χ4n) is 2.30. The van der Waals surface area contributed by atoms with Gasteiger partial charge in [0.1, 0.15) is 5.69 Å². The van der Waals surface area contributed by atoms with Crippen LogP contribution in [0.4, 0.5) is 13.2 Å². The summed E-state index contributed by atoms with van der Waals surface area (Å²) in [6.45, 7) is 5.70. The SMILES string of the molecule is CCOCCCN(CC(C)C(=O)O)C(=O)c1ccc(C(F)(F)F)nc1C. The highest BCUT2D eigenvalue weighted by Crippen LogP contribution is 2.28. The molecule has 1 heterocycles. The molecular formula is C17H23F3N2O4. The monoisotopic (exact) mass is 376 g/mol. The molecule has 1 aromatic rings. The van der Waals surface area contributed by atoms with Crippen LogP contribution in [0.25, 0.3) is 0 Å². The minimum atomic E-state index is -4.60. The van der Waals surface area contributed by atoms with Gasteiger partial charge in [0.2, 0.25) is 0 Å². The Morgan fingerprint density at radius 2 is 2.00 bits per heavy atom. The van der Waals surface area contributed by atoms with Crippen LogP contribution in [0.3, 0.4) is 0 Å². The van der Waals surface area contributed by atoms with Gasteiger partial charge in [-0.3, -0.25) is 9.59 Å². The van der Waals surface area contributed by atoms with Gasteiger partial charge in [-0.15, -0.1) is 0 Å². The summed E-state index contributed by atoms with van der Waals surface area (Å²) in [4.78, 5) is 28.6. The number of amides is 1. The van der Waals surface area contributed by atoms with E-state index in [4.69, 9.17) is 9.84 Å². The van der Waals surface area contributed by atoms with Gasteiger partial charge in [-0.25, -0.2) is 4.98 Å². The van der Waals surface area contributed by atoms with Gasteiger partial charge in [0.25, 0.3) is 5.91 Å². The van der Waals surface area contributed by atoms with Crippen molar-refractivity contribution in [1.82, 2.24) is 9.88 Å². The van der Waals surface area contributed by atoms with E-state index in [9.17, 15) is 22.8 Å². The molecule has 1 aromatic heterocycles. The van der Waals surface area contributed by atoms with Crippen LogP contribution in [0.2, 0.25) is 0 Å². The topological polar surface area (TPSA) is 79.7 Å². The quantitative estimate of drug-likeness (QED) is 0.670. The van der Waals surface area contributed by atoms with Crippen LogP contribution < -0.4 is 0 Å². The summed E-state index contributed by atoms with van der Waals surface area (Å²) in [5.41, 5.74) is -1.11. The molecule has 1 rings (SSSR count). The summed E-state index contributed by atoms with van der Waals surface area (Å²) in [7, 11) is 0. The maximum absolute atomic E-state index is 12.7. The zero-order valence-electron chi connectivity index (χ0n) is 15.0. The Balaban J connectivity index is 3.00. The fraction of sp³-hybridized carbons (Fsp3) is 0.588. The third-order valence-corrected chi connectivity index (χ3v) is 3.73. The van der Waals surface area contributed by atoms with Crippen molar-refractivity contribution in [3.05, 3.63) is 29.1 Å². The first kappa shape index (κ1) is 21.9. The number of aromatic nitrogens is 1. The largest absolute Gasteiger partial charge is 0.481 e. The summed E-state index contributed by atoms with van der Waals surface area (Å²) >= 11 is 0. The van der Waals surface area contributed by atoms with Crippen LogP contribution >= 0.6 is 0 Å². The summed E-state index contributed by atoms with van der Waals surface area (Å²) in [6, 6.07) is 1.83. The lowest BCUT2D eigenvalue weighted by Crippen LogP contribution is -2.38. The second-order valence-electron chi connectivity index (χ2n) is 5.87. The molecular weight excluding hydrogens is 353 g/mol. The second-order valence-corrected chi connectivity index (χ2v) is 5.87. The number of aliphatic carboxylic acids is 1. The number of nitrogens with zero attached hydrogens (tertiary/aromatic N) is 2. The zero-order chi connectivity index (χ0) is 19.9. The molecule has 6 nitrogen and oxygen atoms in total. The standard InChI is InChI=1S/C17H23F3N2O4/c1-4-26-9-5-8-22(10-11(2)16(24)25)15(23)13-6-7-14(17(18,19)20)21-12(13)3/h6-7,11H,4-5,8-10H2,1-3H3,(H,24,25). The van der Waals surface area contributed by atoms with Crippen LogP contribution in [0.5, 0.6) is 0 Å². The van der Waals surface area contributed by atoms with Crippen molar-refractivity contribution in [3.8, 4) is 0 Å². The average Bonchev–Trinajstić information content (AvgIpc) is 2.55. The van der Waals surface area contributed by atoms with Crippen molar-refractivity contribution in [3.63, 3.8) is 0 Å². The molecule has 0 aliphatic carbocycles. The van der Waals surface area contributed by atoms with Crippen LogP contribution in [-0.4, -0.2) is 53.2 Å². The Bertz CT molecular complexity index is 635. The Morgan fingerprint density at radius 3 is 2.50 bits per heavy atom. The molecule has 0 aliphatic heterocycles. The lowest BCUT2D eigenvalue weighted by atomic mass is 10.1. The van der Waals surface area contributed by atoms with E-state index >= 15 is 0 Å². The van der Waals surface area contributed by atoms with Crippen LogP contribution in [-0.2, 0) is 15.7 Å². The maximum Gasteiger partial charge on any atom is 0.433 e. The number of hydrogen-bond donors (Lipinski definition) is 1. The van der Waals surface area contributed by atoms with Crippen LogP contribution in [0, 0.1) is 12.8 Å². The molecule has 9 heteroatoms. The molecule has 0 aliphatic rings. The number of halogens is 3. The maximum atomic E-state index is 12.7. The highest BCUT2D eigenvalue weighted by Gasteiger charge is 2.33. The molecule has 0 radical (unpaired) electrons. The van der Waals surface area contributed by atoms with Gasteiger partial charge in [0.15, 0.2) is 0 Å². The molecule has 0 fully saturated rings. The molecule has 26 heavy (non-hydrogen) atoms. The molecule has 146 valence electrons. The predicted octanol–water partition coefficient (Wildman–Crippen LogP) is 3.00. The Morgan fingerprint density at radius 1 is 1.35 bits per heavy atom. The van der Waals surface area contributed by atoms with Gasteiger partial charge in [-0.05, 0) is 32.4 Å². The Hall–Kier alpha value is -2.16. The highest BCUT2D eigenvalue weighted by molar-refractivity contribution is 5.95. The van der Waals surface area contributed by atoms with Crippen molar-refractivity contribution in [2.45, 2.75) is 33.4 Å². The summed E-state index contributed by atoms with van der Waals surface area (Å²) in [5.74, 6) is -2.42. The lowest BCUT2D eigenvalue weighted by Gasteiger charge is -2.25. The molecule has 0 spiro atoms. The third-order valence-electron chi connectivity index (χ3n) is 3.73. The zero-order valence-corrected chi connectivity index (χ0v) is 15.0. The number of hydrogen-bond acceptors (Lipinski definition) is 4. The minimum Gasteiger partial charge on any atom is -0.481 e. The van der Waals surface area contributed by atoms with Gasteiger partial charge in [-0.2, -0.15) is 13.2 Å². The number of carboxylic acid groups (broad SMARTS) is 1. The highest BCUT2D eigenvalue weighted by atomic mass is 19.4. The fourth-order valence-corrected chi connectivity index (χ4v) is 2.30. The number of carboxylic acids is 1. The predicted molar refractivity (Wildman–Crippen MR) is 87.8 cm³/mol. The van der Waals surface area contributed by atoms with Crippen LogP contribution in [0.1, 0.15) is 42.0 Å². The number of aryl methyl sites for hydroxylation is 1. The number of rotatable bonds is 9. The van der Waals surface area contributed by atoms with Gasteiger partial charge in [-0.1, -0.05) is 6.92 Å². The van der Waals surface area contributed by atoms with E-state index in [0.717, 1.165) is 12.1 Å². The molecule has 0 aromatic carbocycles. The molecule has 0 bridgehead atoms. The van der Waals surface area contributed by atoms with E-state index in [1.165, 1.54) is 18.7 Å². The van der Waals surface area contributed by atoms with E-state index in [1.54, 1.807) is 0 Å². The van der Waals surface area contributed by atoms with Crippen molar-refractivity contribution >= 4 is 11.9 Å². The van der Waals surface area contributed by atoms with E-state index < -0.39 is 29.7 Å². The van der Waals surface area contributed by atoms with Gasteiger partial charge in [0.05, 0.1) is 17.2 Å². The van der Waals surface area contributed by atoms with Crippen molar-refractivity contribution in [2.24, 2.45) is 5.92 Å². The van der Waals surface area contributed by atoms with Crippen molar-refractivity contribution < 1.29 is 32.6 Å². The number of carbonyl (C=O) groups is 2. The normalized spacial score (nSPS) is 12.7. The first-order valence-corrected chi connectivity index (χ1v) is 8.22.